The van der Waals surface area contributed by atoms with Gasteiger partial charge in [-0.3, -0.25) is 13.9 Å². The van der Waals surface area contributed by atoms with Crippen LogP contribution in [0.4, 0.5) is 5.69 Å². The number of benzene rings is 3. The Morgan fingerprint density at radius 3 is 2.24 bits per heavy atom. The fraction of sp³-hybridized carbons (Fsp3) is 0.286. The maximum atomic E-state index is 14.0. The number of rotatable bonds is 11. The maximum Gasteiger partial charge on any atom is 0.264 e. The lowest BCUT2D eigenvalue weighted by Gasteiger charge is -2.33. The molecule has 3 rings (SSSR count). The van der Waals surface area contributed by atoms with Crippen LogP contribution in [0.25, 0.3) is 0 Å². The molecule has 10 heteroatoms. The lowest BCUT2D eigenvalue weighted by molar-refractivity contribution is -0.140. The Hall–Kier alpha value is -3.07. The number of sulfonamides is 1. The standard InChI is InChI=1S/C28H31Cl2N3O4S/c1-4-25(28(35)31-5-2)32(18-21-12-10-9-11-20(21)3)27(34)19-33(26-17-22(29)15-16-24(26)30)38(36,37)23-13-7-6-8-14-23/h6-17,25H,4-5,18-19H2,1-3H3,(H,31,35)/t25-/m0/s1. The number of carbonyl (C=O) groups is 2. The monoisotopic (exact) mass is 575 g/mol. The zero-order valence-electron chi connectivity index (χ0n) is 21.5. The lowest BCUT2D eigenvalue weighted by Crippen LogP contribution is -2.52. The van der Waals surface area contributed by atoms with E-state index in [4.69, 9.17) is 23.2 Å². The second kappa shape index (κ2) is 13.1. The quantitative estimate of drug-likeness (QED) is 0.330. The Bertz CT molecular complexity index is 1380. The van der Waals surface area contributed by atoms with Crippen LogP contribution in [-0.2, 0) is 26.2 Å². The van der Waals surface area contributed by atoms with Gasteiger partial charge in [-0.25, -0.2) is 8.42 Å². The van der Waals surface area contributed by atoms with E-state index < -0.39 is 28.5 Å². The van der Waals surface area contributed by atoms with Crippen LogP contribution in [0.5, 0.6) is 0 Å². The summed E-state index contributed by atoms with van der Waals surface area (Å²) >= 11 is 12.6. The Labute approximate surface area is 234 Å². The molecule has 3 aromatic rings. The van der Waals surface area contributed by atoms with Crippen LogP contribution in [0, 0.1) is 6.92 Å². The van der Waals surface area contributed by atoms with E-state index in [9.17, 15) is 18.0 Å². The number of likely N-dealkylation sites (N-methyl/N-ethyl adjacent to an activating group) is 1. The lowest BCUT2D eigenvalue weighted by atomic mass is 10.1. The molecule has 0 bridgehead atoms. The van der Waals surface area contributed by atoms with Gasteiger partial charge in [-0.05, 0) is 61.7 Å². The summed E-state index contributed by atoms with van der Waals surface area (Å²) in [4.78, 5) is 28.4. The van der Waals surface area contributed by atoms with Crippen molar-refractivity contribution in [3.63, 3.8) is 0 Å². The van der Waals surface area contributed by atoms with E-state index in [0.29, 0.717) is 13.0 Å². The summed E-state index contributed by atoms with van der Waals surface area (Å²) in [6.07, 6.45) is 0.340. The highest BCUT2D eigenvalue weighted by atomic mass is 35.5. The van der Waals surface area contributed by atoms with E-state index in [-0.39, 0.29) is 33.1 Å². The second-order valence-electron chi connectivity index (χ2n) is 8.69. The summed E-state index contributed by atoms with van der Waals surface area (Å²) < 4.78 is 28.6. The van der Waals surface area contributed by atoms with Crippen LogP contribution in [0.15, 0.2) is 77.7 Å². The summed E-state index contributed by atoms with van der Waals surface area (Å²) in [5, 5.41) is 3.16. The molecule has 1 atom stereocenters. The van der Waals surface area contributed by atoms with Crippen molar-refractivity contribution < 1.29 is 18.0 Å². The van der Waals surface area contributed by atoms with Gasteiger partial charge < -0.3 is 10.2 Å². The molecule has 1 N–H and O–H groups in total. The number of anilines is 1. The molecule has 0 aromatic heterocycles. The van der Waals surface area contributed by atoms with E-state index in [2.05, 4.69) is 5.32 Å². The molecular formula is C28H31Cl2N3O4S. The third kappa shape index (κ3) is 6.87. The molecule has 0 fully saturated rings. The highest BCUT2D eigenvalue weighted by Crippen LogP contribution is 2.33. The molecule has 38 heavy (non-hydrogen) atoms. The summed E-state index contributed by atoms with van der Waals surface area (Å²) in [6.45, 7) is 5.47. The van der Waals surface area contributed by atoms with Crippen molar-refractivity contribution in [3.05, 3.63) is 94.0 Å². The Morgan fingerprint density at radius 1 is 0.947 bits per heavy atom. The van der Waals surface area contributed by atoms with Gasteiger partial charge in [0.25, 0.3) is 10.0 Å². The molecule has 0 heterocycles. The third-order valence-corrected chi connectivity index (χ3v) is 8.45. The van der Waals surface area contributed by atoms with Crippen LogP contribution >= 0.6 is 23.2 Å². The highest BCUT2D eigenvalue weighted by Gasteiger charge is 2.34. The van der Waals surface area contributed by atoms with Crippen molar-refractivity contribution in [1.29, 1.82) is 0 Å². The molecule has 0 saturated heterocycles. The third-order valence-electron chi connectivity index (χ3n) is 6.13. The first-order chi connectivity index (χ1) is 18.1. The molecule has 7 nitrogen and oxygen atoms in total. The zero-order chi connectivity index (χ0) is 27.9. The van der Waals surface area contributed by atoms with Gasteiger partial charge in [-0.1, -0.05) is 72.6 Å². The van der Waals surface area contributed by atoms with Gasteiger partial charge in [0, 0.05) is 18.1 Å². The minimum absolute atomic E-state index is 0.00920. The minimum atomic E-state index is -4.22. The van der Waals surface area contributed by atoms with E-state index in [1.807, 2.05) is 38.1 Å². The zero-order valence-corrected chi connectivity index (χ0v) is 23.9. The summed E-state index contributed by atoms with van der Waals surface area (Å²) in [6, 6.07) is 18.9. The van der Waals surface area contributed by atoms with Crippen molar-refractivity contribution in [2.75, 3.05) is 17.4 Å². The average Bonchev–Trinajstić information content (AvgIpc) is 2.90. The minimum Gasteiger partial charge on any atom is -0.355 e. The number of hydrogen-bond donors (Lipinski definition) is 1. The molecule has 0 aliphatic heterocycles. The fourth-order valence-corrected chi connectivity index (χ4v) is 5.97. The van der Waals surface area contributed by atoms with E-state index >= 15 is 0 Å². The van der Waals surface area contributed by atoms with Gasteiger partial charge in [0.05, 0.1) is 15.6 Å². The van der Waals surface area contributed by atoms with Crippen LogP contribution in [0.1, 0.15) is 31.4 Å². The molecule has 0 radical (unpaired) electrons. The van der Waals surface area contributed by atoms with Gasteiger partial charge in [0.1, 0.15) is 12.6 Å². The molecule has 0 aliphatic rings. The topological polar surface area (TPSA) is 86.8 Å². The van der Waals surface area contributed by atoms with Crippen LogP contribution in [-0.4, -0.2) is 44.3 Å². The average molecular weight is 577 g/mol. The maximum absolute atomic E-state index is 14.0. The molecule has 0 aliphatic carbocycles. The van der Waals surface area contributed by atoms with Gasteiger partial charge in [0.15, 0.2) is 0 Å². The van der Waals surface area contributed by atoms with Gasteiger partial charge in [-0.2, -0.15) is 0 Å². The number of nitrogens with one attached hydrogen (secondary N) is 1. The largest absolute Gasteiger partial charge is 0.355 e. The molecule has 202 valence electrons. The van der Waals surface area contributed by atoms with E-state index in [0.717, 1.165) is 15.4 Å². The predicted molar refractivity (Wildman–Crippen MR) is 152 cm³/mol. The van der Waals surface area contributed by atoms with Crippen molar-refractivity contribution in [2.45, 2.75) is 44.7 Å². The predicted octanol–water partition coefficient (Wildman–Crippen LogP) is 5.44. The van der Waals surface area contributed by atoms with Gasteiger partial charge >= 0.3 is 0 Å². The second-order valence-corrected chi connectivity index (χ2v) is 11.4. The number of carbonyl (C=O) groups excluding carboxylic acids is 2. The number of hydrogen-bond acceptors (Lipinski definition) is 4. The number of aryl methyl sites for hydroxylation is 1. The van der Waals surface area contributed by atoms with Crippen LogP contribution in [0.3, 0.4) is 0 Å². The number of halogens is 2. The highest BCUT2D eigenvalue weighted by molar-refractivity contribution is 7.92. The normalized spacial score (nSPS) is 12.0. The van der Waals surface area contributed by atoms with E-state index in [1.165, 1.54) is 35.2 Å². The van der Waals surface area contributed by atoms with Crippen molar-refractivity contribution >= 4 is 50.7 Å². The Balaban J connectivity index is 2.11. The first-order valence-corrected chi connectivity index (χ1v) is 14.4. The molecule has 0 unspecified atom stereocenters. The van der Waals surface area contributed by atoms with Gasteiger partial charge in [0.2, 0.25) is 11.8 Å². The Kier molecular flexibility index (Phi) is 10.2. The van der Waals surface area contributed by atoms with Crippen molar-refractivity contribution in [1.82, 2.24) is 10.2 Å². The van der Waals surface area contributed by atoms with Crippen molar-refractivity contribution in [2.24, 2.45) is 0 Å². The number of nitrogens with zero attached hydrogens (tertiary/aromatic N) is 2. The Morgan fingerprint density at radius 2 is 1.61 bits per heavy atom. The molecule has 0 spiro atoms. The molecule has 3 aromatic carbocycles. The summed E-state index contributed by atoms with van der Waals surface area (Å²) in [7, 11) is -4.22. The smallest absolute Gasteiger partial charge is 0.264 e. The van der Waals surface area contributed by atoms with Crippen LogP contribution in [0.2, 0.25) is 10.0 Å². The van der Waals surface area contributed by atoms with Gasteiger partial charge in [-0.15, -0.1) is 0 Å². The first-order valence-electron chi connectivity index (χ1n) is 12.2. The van der Waals surface area contributed by atoms with Crippen LogP contribution < -0.4 is 9.62 Å². The fourth-order valence-electron chi connectivity index (χ4n) is 4.09. The number of amides is 2. The van der Waals surface area contributed by atoms with Crippen molar-refractivity contribution in [3.8, 4) is 0 Å². The first kappa shape index (κ1) is 29.5. The summed E-state index contributed by atoms with van der Waals surface area (Å²) in [5.41, 5.74) is 1.86. The molecule has 0 saturated carbocycles. The van der Waals surface area contributed by atoms with E-state index in [1.54, 1.807) is 25.1 Å². The summed E-state index contributed by atoms with van der Waals surface area (Å²) in [5.74, 6) is -0.864. The molecular weight excluding hydrogens is 545 g/mol. The SMILES string of the molecule is CCNC(=O)[C@H](CC)N(Cc1ccccc1C)C(=O)CN(c1cc(Cl)ccc1Cl)S(=O)(=O)c1ccccc1. The molecule has 2 amide bonds.